The first-order chi connectivity index (χ1) is 13.1. The minimum absolute atomic E-state index is 0.137. The van der Waals surface area contributed by atoms with Gasteiger partial charge in [0.05, 0.1) is 19.9 Å². The molecule has 3 N–H and O–H groups in total. The summed E-state index contributed by atoms with van der Waals surface area (Å²) in [6.07, 6.45) is 1.74. The van der Waals surface area contributed by atoms with Gasteiger partial charge in [-0.25, -0.2) is 0 Å². The van der Waals surface area contributed by atoms with Gasteiger partial charge < -0.3 is 20.1 Å². The predicted octanol–water partition coefficient (Wildman–Crippen LogP) is 3.14. The van der Waals surface area contributed by atoms with Crippen molar-refractivity contribution < 1.29 is 9.84 Å². The van der Waals surface area contributed by atoms with Crippen molar-refractivity contribution in [3.05, 3.63) is 53.6 Å². The number of aliphatic hydroxyl groups excluding tert-OH is 1. The van der Waals surface area contributed by atoms with Crippen LogP contribution >= 0.6 is 12.2 Å². The van der Waals surface area contributed by atoms with Crippen molar-refractivity contribution in [2.45, 2.75) is 13.8 Å². The fraction of sp³-hybridized carbons (Fsp3) is 0.300. The van der Waals surface area contributed by atoms with Gasteiger partial charge in [-0.2, -0.15) is 5.10 Å². The highest BCUT2D eigenvalue weighted by Gasteiger charge is 2.05. The Labute approximate surface area is 165 Å². The average molecular weight is 387 g/mol. The zero-order valence-corrected chi connectivity index (χ0v) is 16.7. The molecule has 2 aromatic carbocycles. The molecule has 0 aliphatic heterocycles. The molecule has 0 heterocycles. The smallest absolute Gasteiger partial charge is 0.191 e. The molecule has 2 rings (SSSR count). The van der Waals surface area contributed by atoms with Gasteiger partial charge in [0.25, 0.3) is 0 Å². The van der Waals surface area contributed by atoms with Gasteiger partial charge in [-0.3, -0.25) is 5.43 Å². The lowest BCUT2D eigenvalue weighted by Gasteiger charge is -2.22. The summed E-state index contributed by atoms with van der Waals surface area (Å²) in [6.45, 7) is 5.71. The number of hydrazone groups is 1. The molecule has 0 unspecified atom stereocenters. The van der Waals surface area contributed by atoms with Crippen molar-refractivity contribution in [1.82, 2.24) is 5.43 Å². The quantitative estimate of drug-likeness (QED) is 0.368. The number of thiocarbonyl (C=S) groups is 1. The molecule has 7 heteroatoms. The fourth-order valence-electron chi connectivity index (χ4n) is 2.61. The molecule has 0 saturated carbocycles. The number of hydrogen-bond acceptors (Lipinski definition) is 5. The van der Waals surface area contributed by atoms with E-state index in [2.05, 4.69) is 33.7 Å². The van der Waals surface area contributed by atoms with Gasteiger partial charge in [-0.1, -0.05) is 12.1 Å². The number of ether oxygens (including phenoxy) is 1. The highest BCUT2D eigenvalue weighted by Crippen LogP contribution is 2.18. The number of methoxy groups -OCH3 is 1. The Morgan fingerprint density at radius 3 is 2.78 bits per heavy atom. The highest BCUT2D eigenvalue weighted by atomic mass is 32.1. The van der Waals surface area contributed by atoms with E-state index < -0.39 is 0 Å². The molecule has 0 spiro atoms. The van der Waals surface area contributed by atoms with E-state index in [-0.39, 0.29) is 6.61 Å². The summed E-state index contributed by atoms with van der Waals surface area (Å²) < 4.78 is 5.19. The lowest BCUT2D eigenvalue weighted by atomic mass is 10.1. The van der Waals surface area contributed by atoms with Crippen molar-refractivity contribution in [3.63, 3.8) is 0 Å². The van der Waals surface area contributed by atoms with E-state index in [1.54, 1.807) is 13.3 Å². The van der Waals surface area contributed by atoms with Crippen LogP contribution in [-0.4, -0.2) is 43.2 Å². The van der Waals surface area contributed by atoms with Crippen molar-refractivity contribution in [1.29, 1.82) is 0 Å². The first kappa shape index (κ1) is 20.7. The van der Waals surface area contributed by atoms with E-state index in [4.69, 9.17) is 22.1 Å². The Hall–Kier alpha value is -2.64. The van der Waals surface area contributed by atoms with Crippen LogP contribution in [0.1, 0.15) is 18.1 Å². The van der Waals surface area contributed by atoms with Crippen LogP contribution in [0.5, 0.6) is 5.75 Å². The highest BCUT2D eigenvalue weighted by molar-refractivity contribution is 7.80. The number of aryl methyl sites for hydroxylation is 1. The van der Waals surface area contributed by atoms with Gasteiger partial charge in [-0.15, -0.1) is 0 Å². The number of rotatable bonds is 8. The second-order valence-corrected chi connectivity index (χ2v) is 6.31. The average Bonchev–Trinajstić information content (AvgIpc) is 2.67. The Morgan fingerprint density at radius 2 is 2.11 bits per heavy atom. The molecule has 0 atom stereocenters. The maximum Gasteiger partial charge on any atom is 0.191 e. The summed E-state index contributed by atoms with van der Waals surface area (Å²) in [4.78, 5) is 2.12. The van der Waals surface area contributed by atoms with Gasteiger partial charge in [0.2, 0.25) is 0 Å². The van der Waals surface area contributed by atoms with Gasteiger partial charge in [0.15, 0.2) is 5.11 Å². The number of anilines is 2. The van der Waals surface area contributed by atoms with Crippen LogP contribution in [0.25, 0.3) is 0 Å². The van der Waals surface area contributed by atoms with E-state index in [1.165, 1.54) is 0 Å². The first-order valence-corrected chi connectivity index (χ1v) is 9.18. The van der Waals surface area contributed by atoms with E-state index in [0.29, 0.717) is 11.7 Å². The summed E-state index contributed by atoms with van der Waals surface area (Å²) in [5.41, 5.74) is 6.83. The number of benzene rings is 2. The summed E-state index contributed by atoms with van der Waals surface area (Å²) in [5, 5.41) is 16.8. The lowest BCUT2D eigenvalue weighted by Crippen LogP contribution is -2.26. The van der Waals surface area contributed by atoms with Crippen molar-refractivity contribution in [2.24, 2.45) is 5.10 Å². The maximum atomic E-state index is 9.16. The van der Waals surface area contributed by atoms with Gasteiger partial charge in [-0.05, 0) is 61.5 Å². The van der Waals surface area contributed by atoms with E-state index in [9.17, 15) is 0 Å². The van der Waals surface area contributed by atoms with Crippen molar-refractivity contribution >= 4 is 34.9 Å². The zero-order valence-electron chi connectivity index (χ0n) is 15.9. The van der Waals surface area contributed by atoms with E-state index in [0.717, 1.165) is 34.8 Å². The molecule has 0 aliphatic carbocycles. The molecule has 0 saturated heterocycles. The molecule has 0 fully saturated rings. The van der Waals surface area contributed by atoms with Crippen molar-refractivity contribution in [3.8, 4) is 5.75 Å². The molecule has 0 amide bonds. The molecule has 0 aliphatic rings. The molecule has 6 nitrogen and oxygen atoms in total. The van der Waals surface area contributed by atoms with Crippen LogP contribution in [0.15, 0.2) is 47.6 Å². The first-order valence-electron chi connectivity index (χ1n) is 8.78. The summed E-state index contributed by atoms with van der Waals surface area (Å²) in [7, 11) is 1.62. The normalized spacial score (nSPS) is 10.7. The van der Waals surface area contributed by atoms with Gasteiger partial charge in [0, 0.05) is 30.5 Å². The predicted molar refractivity (Wildman–Crippen MR) is 116 cm³/mol. The van der Waals surface area contributed by atoms with Gasteiger partial charge in [0.1, 0.15) is 5.75 Å². The van der Waals surface area contributed by atoms with Crippen LogP contribution in [0.2, 0.25) is 0 Å². The fourth-order valence-corrected chi connectivity index (χ4v) is 2.78. The largest absolute Gasteiger partial charge is 0.497 e. The molecular weight excluding hydrogens is 360 g/mol. The van der Waals surface area contributed by atoms with Crippen molar-refractivity contribution in [2.75, 3.05) is 37.0 Å². The summed E-state index contributed by atoms with van der Waals surface area (Å²) in [6, 6.07) is 13.6. The Morgan fingerprint density at radius 1 is 1.30 bits per heavy atom. The number of nitrogens with zero attached hydrogens (tertiary/aromatic N) is 2. The third-order valence-corrected chi connectivity index (χ3v) is 4.26. The van der Waals surface area contributed by atoms with E-state index in [1.807, 2.05) is 43.3 Å². The molecular formula is C20H26N4O2S. The minimum Gasteiger partial charge on any atom is -0.497 e. The van der Waals surface area contributed by atoms with Crippen LogP contribution in [0.3, 0.4) is 0 Å². The molecule has 27 heavy (non-hydrogen) atoms. The summed E-state index contributed by atoms with van der Waals surface area (Å²) in [5.74, 6) is 0.754. The van der Waals surface area contributed by atoms with Crippen LogP contribution < -0.4 is 20.4 Å². The standard InChI is InChI=1S/C20H26N4O2S/c1-4-24(10-11-25)18-9-8-16(15(2)12-18)14-21-23-20(27)22-17-6-5-7-19(13-17)26-3/h5-9,12-14,25H,4,10-11H2,1-3H3,(H2,22,23,27)/b21-14-. The lowest BCUT2D eigenvalue weighted by molar-refractivity contribution is 0.302. The zero-order chi connectivity index (χ0) is 19.6. The second kappa shape index (κ2) is 10.5. The number of hydrogen-bond donors (Lipinski definition) is 3. The molecule has 0 radical (unpaired) electrons. The monoisotopic (exact) mass is 386 g/mol. The Kier molecular flexibility index (Phi) is 8.03. The van der Waals surface area contributed by atoms with E-state index >= 15 is 0 Å². The van der Waals surface area contributed by atoms with Crippen LogP contribution in [0.4, 0.5) is 11.4 Å². The Balaban J connectivity index is 1.96. The Bertz CT molecular complexity index is 795. The van der Waals surface area contributed by atoms with Gasteiger partial charge >= 0.3 is 0 Å². The maximum absolute atomic E-state index is 9.16. The van der Waals surface area contributed by atoms with Crippen LogP contribution in [-0.2, 0) is 0 Å². The third-order valence-electron chi connectivity index (χ3n) is 4.07. The number of likely N-dealkylation sites (N-methyl/N-ethyl adjacent to an activating group) is 1. The molecule has 144 valence electrons. The topological polar surface area (TPSA) is 69.1 Å². The summed E-state index contributed by atoms with van der Waals surface area (Å²) >= 11 is 5.26. The number of nitrogens with one attached hydrogen (secondary N) is 2. The number of aliphatic hydroxyl groups is 1. The minimum atomic E-state index is 0.137. The second-order valence-electron chi connectivity index (χ2n) is 5.90. The molecule has 0 aromatic heterocycles. The van der Waals surface area contributed by atoms with Crippen LogP contribution in [0, 0.1) is 6.92 Å². The third kappa shape index (κ3) is 6.23. The molecule has 2 aromatic rings. The molecule has 0 bridgehead atoms. The SMILES string of the molecule is CCN(CCO)c1ccc(/C=N\NC(=S)Nc2cccc(OC)c2)c(C)c1.